The Labute approximate surface area is 154 Å². The Morgan fingerprint density at radius 3 is 2.69 bits per heavy atom. The average molecular weight is 375 g/mol. The minimum Gasteiger partial charge on any atom is -0.483 e. The molecule has 26 heavy (non-hydrogen) atoms. The van der Waals surface area contributed by atoms with Crippen LogP contribution in [0.5, 0.6) is 5.75 Å². The molecule has 2 aromatic carbocycles. The number of amides is 1. The topological polar surface area (TPSA) is 63.7 Å². The Morgan fingerprint density at radius 1 is 1.19 bits per heavy atom. The van der Waals surface area contributed by atoms with E-state index in [1.165, 1.54) is 0 Å². The van der Waals surface area contributed by atoms with Gasteiger partial charge in [-0.05, 0) is 24.3 Å². The van der Waals surface area contributed by atoms with E-state index in [0.717, 1.165) is 23.6 Å². The number of unbranched alkanes of at least 4 members (excludes halogenated alkanes) is 1. The van der Waals surface area contributed by atoms with Crippen molar-refractivity contribution in [2.24, 2.45) is 0 Å². The zero-order valence-electron chi connectivity index (χ0n) is 15.1. The quantitative estimate of drug-likeness (QED) is 0.746. The molecule has 1 saturated heterocycles. The number of hydrogen-bond acceptors (Lipinski definition) is 4. The van der Waals surface area contributed by atoms with E-state index >= 15 is 0 Å². The summed E-state index contributed by atoms with van der Waals surface area (Å²) in [5, 5.41) is 2.02. The predicted molar refractivity (Wildman–Crippen MR) is 103 cm³/mol. The molecule has 1 fully saturated rings. The van der Waals surface area contributed by atoms with Gasteiger partial charge >= 0.3 is 0 Å². The van der Waals surface area contributed by atoms with Crippen LogP contribution in [0.2, 0.25) is 0 Å². The first-order valence-corrected chi connectivity index (χ1v) is 10.9. The van der Waals surface area contributed by atoms with Crippen molar-refractivity contribution in [3.63, 3.8) is 0 Å². The molecule has 6 heteroatoms. The molecule has 1 aliphatic rings. The van der Waals surface area contributed by atoms with Crippen LogP contribution >= 0.6 is 0 Å². The number of hydrogen-bond donors (Lipinski definition) is 0. The molecule has 140 valence electrons. The van der Waals surface area contributed by atoms with E-state index in [1.54, 1.807) is 4.90 Å². The molecule has 3 rings (SSSR count). The van der Waals surface area contributed by atoms with E-state index in [2.05, 4.69) is 6.92 Å². The Morgan fingerprint density at radius 2 is 1.96 bits per heavy atom. The van der Waals surface area contributed by atoms with Gasteiger partial charge in [-0.3, -0.25) is 4.79 Å². The van der Waals surface area contributed by atoms with Crippen molar-refractivity contribution in [3.8, 4) is 5.75 Å². The molecule has 1 atom stereocenters. The molecule has 2 aromatic rings. The van der Waals surface area contributed by atoms with Gasteiger partial charge in [0, 0.05) is 18.0 Å². The summed E-state index contributed by atoms with van der Waals surface area (Å²) in [6.45, 7) is 2.56. The third-order valence-corrected chi connectivity index (χ3v) is 6.57. The first-order valence-electron chi connectivity index (χ1n) is 9.10. The molecule has 1 heterocycles. The number of carbonyl (C=O) groups excluding carboxylic acids is 1. The van der Waals surface area contributed by atoms with E-state index in [0.29, 0.717) is 18.7 Å². The van der Waals surface area contributed by atoms with Crippen molar-refractivity contribution < 1.29 is 17.9 Å². The lowest BCUT2D eigenvalue weighted by atomic mass is 10.1. The van der Waals surface area contributed by atoms with Crippen LogP contribution in [0.15, 0.2) is 42.5 Å². The van der Waals surface area contributed by atoms with Gasteiger partial charge in [-0.25, -0.2) is 8.42 Å². The fourth-order valence-corrected chi connectivity index (χ4v) is 5.14. The van der Waals surface area contributed by atoms with Gasteiger partial charge in [-0.1, -0.05) is 49.7 Å². The zero-order chi connectivity index (χ0) is 18.6. The molecule has 1 amide bonds. The molecular weight excluding hydrogens is 350 g/mol. The Balaban J connectivity index is 1.71. The SMILES string of the molecule is CCCCN(C(=O)COc1cccc2ccccc12)[C@H]1CCS(=O)(=O)C1. The Kier molecular flexibility index (Phi) is 5.81. The van der Waals surface area contributed by atoms with Gasteiger partial charge in [0.05, 0.1) is 11.5 Å². The first-order chi connectivity index (χ1) is 12.5. The van der Waals surface area contributed by atoms with Gasteiger partial charge in [-0.15, -0.1) is 0 Å². The summed E-state index contributed by atoms with van der Waals surface area (Å²) in [4.78, 5) is 14.5. The second-order valence-corrected chi connectivity index (χ2v) is 8.99. The summed E-state index contributed by atoms with van der Waals surface area (Å²) in [5.74, 6) is 0.758. The van der Waals surface area contributed by atoms with Gasteiger partial charge in [0.25, 0.3) is 5.91 Å². The van der Waals surface area contributed by atoms with E-state index in [-0.39, 0.29) is 30.1 Å². The third kappa shape index (κ3) is 4.36. The number of fused-ring (bicyclic) bond motifs is 1. The van der Waals surface area contributed by atoms with E-state index in [1.807, 2.05) is 42.5 Å². The van der Waals surface area contributed by atoms with Crippen LogP contribution in [0, 0.1) is 0 Å². The Bertz CT molecular complexity index is 873. The van der Waals surface area contributed by atoms with E-state index in [4.69, 9.17) is 4.74 Å². The molecule has 0 unspecified atom stereocenters. The summed E-state index contributed by atoms with van der Waals surface area (Å²) < 4.78 is 29.4. The van der Waals surface area contributed by atoms with Gasteiger partial charge in [0.15, 0.2) is 16.4 Å². The van der Waals surface area contributed by atoms with E-state index in [9.17, 15) is 13.2 Å². The number of nitrogens with zero attached hydrogens (tertiary/aromatic N) is 1. The maximum absolute atomic E-state index is 12.8. The summed E-state index contributed by atoms with van der Waals surface area (Å²) in [5.41, 5.74) is 0. The van der Waals surface area contributed by atoms with Gasteiger partial charge < -0.3 is 9.64 Å². The average Bonchev–Trinajstić information content (AvgIpc) is 2.99. The number of rotatable bonds is 7. The number of benzene rings is 2. The normalized spacial score (nSPS) is 18.7. The fourth-order valence-electron chi connectivity index (χ4n) is 3.40. The van der Waals surface area contributed by atoms with Crippen molar-refractivity contribution in [2.45, 2.75) is 32.2 Å². The van der Waals surface area contributed by atoms with Crippen molar-refractivity contribution >= 4 is 26.5 Å². The molecule has 1 aliphatic heterocycles. The van der Waals surface area contributed by atoms with Crippen molar-refractivity contribution in [1.82, 2.24) is 4.90 Å². The highest BCUT2D eigenvalue weighted by Gasteiger charge is 2.34. The summed E-state index contributed by atoms with van der Waals surface area (Å²) >= 11 is 0. The van der Waals surface area contributed by atoms with Crippen LogP contribution in [-0.2, 0) is 14.6 Å². The minimum atomic E-state index is -3.03. The summed E-state index contributed by atoms with van der Waals surface area (Å²) in [7, 11) is -3.03. The van der Waals surface area contributed by atoms with Crippen LogP contribution < -0.4 is 4.74 Å². The zero-order valence-corrected chi connectivity index (χ0v) is 15.9. The van der Waals surface area contributed by atoms with Gasteiger partial charge in [0.1, 0.15) is 5.75 Å². The first kappa shape index (κ1) is 18.7. The molecule has 0 spiro atoms. The second kappa shape index (κ2) is 8.08. The number of ether oxygens (including phenoxy) is 1. The van der Waals surface area contributed by atoms with Crippen molar-refractivity contribution in [3.05, 3.63) is 42.5 Å². The maximum atomic E-state index is 12.8. The van der Waals surface area contributed by atoms with Crippen LogP contribution in [0.3, 0.4) is 0 Å². The largest absolute Gasteiger partial charge is 0.483 e. The lowest BCUT2D eigenvalue weighted by Gasteiger charge is -2.28. The minimum absolute atomic E-state index is 0.0662. The molecular formula is C20H25NO4S. The standard InChI is InChI=1S/C20H25NO4S/c1-2-3-12-21(17-11-13-26(23,24)15-17)20(22)14-25-19-10-6-8-16-7-4-5-9-18(16)19/h4-10,17H,2-3,11-15H2,1H3/t17-/m0/s1. The lowest BCUT2D eigenvalue weighted by molar-refractivity contribution is -0.135. The number of carbonyl (C=O) groups is 1. The molecule has 0 bridgehead atoms. The monoisotopic (exact) mass is 375 g/mol. The maximum Gasteiger partial charge on any atom is 0.260 e. The van der Waals surface area contributed by atoms with Gasteiger partial charge in [0.2, 0.25) is 0 Å². The molecule has 0 radical (unpaired) electrons. The van der Waals surface area contributed by atoms with Crippen LogP contribution in [0.25, 0.3) is 10.8 Å². The molecule has 0 aromatic heterocycles. The fraction of sp³-hybridized carbons (Fsp3) is 0.450. The van der Waals surface area contributed by atoms with Gasteiger partial charge in [-0.2, -0.15) is 0 Å². The van der Waals surface area contributed by atoms with Crippen LogP contribution in [0.4, 0.5) is 0 Å². The van der Waals surface area contributed by atoms with Crippen LogP contribution in [0.1, 0.15) is 26.2 Å². The van der Waals surface area contributed by atoms with Crippen molar-refractivity contribution in [2.75, 3.05) is 24.7 Å². The van der Waals surface area contributed by atoms with Crippen molar-refractivity contribution in [1.29, 1.82) is 0 Å². The molecule has 0 N–H and O–H groups in total. The smallest absolute Gasteiger partial charge is 0.260 e. The molecule has 0 saturated carbocycles. The van der Waals surface area contributed by atoms with E-state index < -0.39 is 9.84 Å². The molecule has 0 aliphatic carbocycles. The predicted octanol–water partition coefficient (Wildman–Crippen LogP) is 3.03. The van der Waals surface area contributed by atoms with Crippen LogP contribution in [-0.4, -0.2) is 49.9 Å². The summed E-state index contributed by atoms with van der Waals surface area (Å²) in [6, 6.07) is 13.4. The third-order valence-electron chi connectivity index (χ3n) is 4.82. The lowest BCUT2D eigenvalue weighted by Crippen LogP contribution is -2.44. The Hall–Kier alpha value is -2.08. The highest BCUT2D eigenvalue weighted by molar-refractivity contribution is 7.91. The summed E-state index contributed by atoms with van der Waals surface area (Å²) in [6.07, 6.45) is 2.33. The highest BCUT2D eigenvalue weighted by atomic mass is 32.2. The highest BCUT2D eigenvalue weighted by Crippen LogP contribution is 2.25. The second-order valence-electron chi connectivity index (χ2n) is 6.76. The molecule has 5 nitrogen and oxygen atoms in total. The number of sulfone groups is 1.